The van der Waals surface area contributed by atoms with Crippen LogP contribution in [0.4, 0.5) is 5.69 Å². The molecule has 0 aliphatic carbocycles. The number of thiocarbonyl (C=S) groups is 1. The van der Waals surface area contributed by atoms with E-state index < -0.39 is 0 Å². The summed E-state index contributed by atoms with van der Waals surface area (Å²) in [5, 5.41) is 0. The van der Waals surface area contributed by atoms with Crippen LogP contribution in [0.25, 0.3) is 6.08 Å². The number of halogens is 1. The van der Waals surface area contributed by atoms with E-state index in [9.17, 15) is 4.79 Å². The third kappa shape index (κ3) is 3.55. The number of para-hydroxylation sites is 1. The van der Waals surface area contributed by atoms with Gasteiger partial charge in [0.25, 0.3) is 5.91 Å². The lowest BCUT2D eigenvalue weighted by Crippen LogP contribution is -2.27. The predicted octanol–water partition coefficient (Wildman–Crippen LogP) is 5.25. The van der Waals surface area contributed by atoms with Gasteiger partial charge in [-0.2, -0.15) is 0 Å². The van der Waals surface area contributed by atoms with Crippen LogP contribution in [0.3, 0.4) is 0 Å². The third-order valence-corrected chi connectivity index (χ3v) is 5.28. The molecule has 2 aromatic carbocycles. The number of carbonyl (C=O) groups excluding carboxylic acids is 1. The number of hydrogen-bond donors (Lipinski definition) is 0. The number of anilines is 1. The van der Waals surface area contributed by atoms with Gasteiger partial charge in [-0.1, -0.05) is 48.2 Å². The molecule has 24 heavy (non-hydrogen) atoms. The Labute approximate surface area is 158 Å². The second-order valence-corrected chi connectivity index (χ2v) is 7.51. The van der Waals surface area contributed by atoms with Crippen molar-refractivity contribution < 1.29 is 9.53 Å². The van der Waals surface area contributed by atoms with Crippen LogP contribution in [0.2, 0.25) is 0 Å². The highest BCUT2D eigenvalue weighted by molar-refractivity contribution is 9.10. The first-order chi connectivity index (χ1) is 11.6. The fraction of sp³-hybridized carbons (Fsp3) is 0.111. The van der Waals surface area contributed by atoms with Crippen molar-refractivity contribution in [2.75, 3.05) is 11.5 Å². The number of amides is 1. The van der Waals surface area contributed by atoms with Gasteiger partial charge in [0.05, 0.1) is 21.7 Å². The minimum Gasteiger partial charge on any atom is -0.493 e. The molecule has 1 heterocycles. The van der Waals surface area contributed by atoms with Crippen molar-refractivity contribution in [3.63, 3.8) is 0 Å². The first-order valence-corrected chi connectivity index (χ1v) is 9.37. The Balaban J connectivity index is 1.88. The lowest BCUT2D eigenvalue weighted by Gasteiger charge is -2.13. The molecule has 0 aromatic heterocycles. The quantitative estimate of drug-likeness (QED) is 0.499. The van der Waals surface area contributed by atoms with Gasteiger partial charge in [0, 0.05) is 0 Å². The molecule has 1 amide bonds. The number of ether oxygens (including phenoxy) is 1. The van der Waals surface area contributed by atoms with Gasteiger partial charge in [-0.15, -0.1) is 0 Å². The molecule has 0 saturated carbocycles. The number of nitrogens with zero attached hydrogens (tertiary/aromatic N) is 1. The standard InChI is InChI=1S/C18H14BrNO2S2/c1-2-22-15-9-8-12(10-14(15)19)11-16-17(21)20(18(23)24-16)13-6-4-3-5-7-13/h3-11H,2H2,1H3/b16-11+. The molecule has 1 aliphatic heterocycles. The van der Waals surface area contributed by atoms with E-state index >= 15 is 0 Å². The molecule has 1 saturated heterocycles. The summed E-state index contributed by atoms with van der Waals surface area (Å²) in [6.45, 7) is 2.54. The second-order valence-electron chi connectivity index (χ2n) is 4.98. The monoisotopic (exact) mass is 419 g/mol. The Morgan fingerprint density at radius 3 is 2.67 bits per heavy atom. The van der Waals surface area contributed by atoms with Gasteiger partial charge in [0.15, 0.2) is 4.32 Å². The fourth-order valence-electron chi connectivity index (χ4n) is 2.30. The summed E-state index contributed by atoms with van der Waals surface area (Å²) >= 11 is 10.2. The van der Waals surface area contributed by atoms with Crippen molar-refractivity contribution in [1.29, 1.82) is 0 Å². The summed E-state index contributed by atoms with van der Waals surface area (Å²) in [7, 11) is 0. The van der Waals surface area contributed by atoms with Crippen molar-refractivity contribution in [3.05, 3.63) is 63.5 Å². The zero-order chi connectivity index (χ0) is 17.1. The van der Waals surface area contributed by atoms with Crippen LogP contribution in [-0.2, 0) is 4.79 Å². The van der Waals surface area contributed by atoms with Gasteiger partial charge in [-0.25, -0.2) is 0 Å². The molecule has 0 atom stereocenters. The molecular weight excluding hydrogens is 406 g/mol. The molecule has 0 unspecified atom stereocenters. The Morgan fingerprint density at radius 2 is 2.00 bits per heavy atom. The fourth-order valence-corrected chi connectivity index (χ4v) is 4.11. The topological polar surface area (TPSA) is 29.5 Å². The van der Waals surface area contributed by atoms with Crippen LogP contribution in [0.1, 0.15) is 12.5 Å². The lowest BCUT2D eigenvalue weighted by molar-refractivity contribution is -0.113. The Bertz CT molecular complexity index is 821. The number of rotatable bonds is 4. The van der Waals surface area contributed by atoms with Gasteiger partial charge in [0.2, 0.25) is 0 Å². The molecule has 122 valence electrons. The van der Waals surface area contributed by atoms with Crippen LogP contribution >= 0.6 is 39.9 Å². The van der Waals surface area contributed by atoms with Gasteiger partial charge >= 0.3 is 0 Å². The number of benzene rings is 2. The van der Waals surface area contributed by atoms with E-state index in [0.29, 0.717) is 15.8 Å². The number of hydrogen-bond acceptors (Lipinski definition) is 4. The van der Waals surface area contributed by atoms with E-state index in [0.717, 1.165) is 21.5 Å². The molecule has 0 spiro atoms. The number of carbonyl (C=O) groups is 1. The lowest BCUT2D eigenvalue weighted by atomic mass is 10.2. The van der Waals surface area contributed by atoms with E-state index in [1.807, 2.05) is 61.5 Å². The van der Waals surface area contributed by atoms with Gasteiger partial charge in [-0.3, -0.25) is 9.69 Å². The highest BCUT2D eigenvalue weighted by Gasteiger charge is 2.33. The zero-order valence-corrected chi connectivity index (χ0v) is 16.1. The average Bonchev–Trinajstić information content (AvgIpc) is 2.85. The predicted molar refractivity (Wildman–Crippen MR) is 107 cm³/mol. The molecule has 6 heteroatoms. The van der Waals surface area contributed by atoms with Crippen LogP contribution < -0.4 is 9.64 Å². The largest absolute Gasteiger partial charge is 0.493 e. The minimum atomic E-state index is -0.0961. The molecule has 0 N–H and O–H groups in total. The van der Waals surface area contributed by atoms with Crippen molar-refractivity contribution in [1.82, 2.24) is 0 Å². The van der Waals surface area contributed by atoms with Gasteiger partial charge < -0.3 is 4.74 Å². The highest BCUT2D eigenvalue weighted by atomic mass is 79.9. The summed E-state index contributed by atoms with van der Waals surface area (Å²) in [6.07, 6.45) is 1.85. The molecule has 3 nitrogen and oxygen atoms in total. The Kier molecular flexibility index (Phi) is 5.38. The normalized spacial score (nSPS) is 16.1. The van der Waals surface area contributed by atoms with Crippen molar-refractivity contribution >= 4 is 61.9 Å². The van der Waals surface area contributed by atoms with Crippen molar-refractivity contribution in [3.8, 4) is 5.75 Å². The molecule has 2 aromatic rings. The Morgan fingerprint density at radius 1 is 1.25 bits per heavy atom. The molecule has 1 aliphatic rings. The molecule has 1 fully saturated rings. The van der Waals surface area contributed by atoms with E-state index in [4.69, 9.17) is 17.0 Å². The Hall–Kier alpha value is -1.63. The summed E-state index contributed by atoms with van der Waals surface area (Å²) in [5.41, 5.74) is 1.70. The molecule has 0 radical (unpaired) electrons. The maximum atomic E-state index is 12.7. The second kappa shape index (κ2) is 7.51. The molecule has 3 rings (SSSR count). The highest BCUT2D eigenvalue weighted by Crippen LogP contribution is 2.36. The first-order valence-electron chi connectivity index (χ1n) is 7.35. The average molecular weight is 420 g/mol. The van der Waals surface area contributed by atoms with E-state index in [2.05, 4.69) is 15.9 Å². The zero-order valence-electron chi connectivity index (χ0n) is 12.9. The SMILES string of the molecule is CCOc1ccc(/C=C2/SC(=S)N(c3ccccc3)C2=O)cc1Br. The van der Waals surface area contributed by atoms with Crippen LogP contribution in [0.5, 0.6) is 5.75 Å². The smallest absolute Gasteiger partial charge is 0.270 e. The first kappa shape index (κ1) is 17.2. The van der Waals surface area contributed by atoms with Crippen LogP contribution in [0, 0.1) is 0 Å². The van der Waals surface area contributed by atoms with Gasteiger partial charge in [-0.05, 0) is 58.8 Å². The molecular formula is C18H14BrNO2S2. The number of thioether (sulfide) groups is 1. The minimum absolute atomic E-state index is 0.0961. The summed E-state index contributed by atoms with van der Waals surface area (Å²) in [5.74, 6) is 0.688. The van der Waals surface area contributed by atoms with E-state index in [-0.39, 0.29) is 5.91 Å². The maximum absolute atomic E-state index is 12.7. The van der Waals surface area contributed by atoms with Crippen LogP contribution in [0.15, 0.2) is 57.9 Å². The van der Waals surface area contributed by atoms with Gasteiger partial charge in [0.1, 0.15) is 5.75 Å². The van der Waals surface area contributed by atoms with Crippen LogP contribution in [-0.4, -0.2) is 16.8 Å². The maximum Gasteiger partial charge on any atom is 0.270 e. The third-order valence-electron chi connectivity index (χ3n) is 3.36. The van der Waals surface area contributed by atoms with E-state index in [1.54, 1.807) is 4.90 Å². The summed E-state index contributed by atoms with van der Waals surface area (Å²) < 4.78 is 6.91. The van der Waals surface area contributed by atoms with Crippen molar-refractivity contribution in [2.45, 2.75) is 6.92 Å². The molecule has 0 bridgehead atoms. The summed E-state index contributed by atoms with van der Waals surface area (Å²) in [4.78, 5) is 14.9. The summed E-state index contributed by atoms with van der Waals surface area (Å²) in [6, 6.07) is 15.2. The van der Waals surface area contributed by atoms with E-state index in [1.165, 1.54) is 11.8 Å². The van der Waals surface area contributed by atoms with Crippen molar-refractivity contribution in [2.24, 2.45) is 0 Å².